The van der Waals surface area contributed by atoms with E-state index in [4.69, 9.17) is 16.3 Å². The van der Waals surface area contributed by atoms with Crippen molar-refractivity contribution in [2.45, 2.75) is 6.42 Å². The third-order valence-corrected chi connectivity index (χ3v) is 6.41. The van der Waals surface area contributed by atoms with E-state index in [0.29, 0.717) is 24.3 Å². The van der Waals surface area contributed by atoms with Crippen LogP contribution in [-0.4, -0.2) is 38.7 Å². The highest BCUT2D eigenvalue weighted by Crippen LogP contribution is 2.33. The maximum Gasteiger partial charge on any atom is 0.270 e. The van der Waals surface area contributed by atoms with Gasteiger partial charge in [-0.15, -0.1) is 0 Å². The fourth-order valence-electron chi connectivity index (χ4n) is 2.86. The number of methoxy groups -OCH3 is 1. The first-order chi connectivity index (χ1) is 13.2. The molecule has 1 amide bonds. The van der Waals surface area contributed by atoms with Crippen LogP contribution in [-0.2, 0) is 10.0 Å². The lowest BCUT2D eigenvalue weighted by molar-refractivity contribution is -0.384. The highest BCUT2D eigenvalue weighted by Gasteiger charge is 2.29. The minimum Gasteiger partial charge on any atom is -0.494 e. The summed E-state index contributed by atoms with van der Waals surface area (Å²) in [6.45, 7) is 0.385. The summed E-state index contributed by atoms with van der Waals surface area (Å²) in [7, 11) is -1.95. The SMILES string of the molecule is COc1cc(N2CCCS2(=O)=O)ccc1NC(=O)c1ccc([N+](=O)[O-])cc1Cl. The van der Waals surface area contributed by atoms with E-state index in [2.05, 4.69) is 5.32 Å². The van der Waals surface area contributed by atoms with Crippen LogP contribution in [0.5, 0.6) is 5.75 Å². The fourth-order valence-corrected chi connectivity index (χ4v) is 4.68. The highest BCUT2D eigenvalue weighted by atomic mass is 35.5. The third-order valence-electron chi connectivity index (χ3n) is 4.23. The second-order valence-electron chi connectivity index (χ2n) is 6.00. The van der Waals surface area contributed by atoms with E-state index in [1.807, 2.05) is 0 Å². The predicted octanol–water partition coefficient (Wildman–Crippen LogP) is 3.05. The van der Waals surface area contributed by atoms with Crippen molar-refractivity contribution >= 4 is 44.6 Å². The Morgan fingerprint density at radius 2 is 2.04 bits per heavy atom. The van der Waals surface area contributed by atoms with Gasteiger partial charge in [-0.1, -0.05) is 11.6 Å². The van der Waals surface area contributed by atoms with E-state index in [0.717, 1.165) is 6.07 Å². The van der Waals surface area contributed by atoms with Gasteiger partial charge in [-0.3, -0.25) is 19.2 Å². The van der Waals surface area contributed by atoms with Crippen molar-refractivity contribution in [2.75, 3.05) is 29.0 Å². The minimum atomic E-state index is -3.34. The summed E-state index contributed by atoms with van der Waals surface area (Å²) >= 11 is 5.98. The Kier molecular flexibility index (Phi) is 5.43. The number of non-ortho nitro benzene ring substituents is 1. The molecule has 0 atom stereocenters. The third kappa shape index (κ3) is 3.87. The van der Waals surface area contributed by atoms with Gasteiger partial charge in [-0.25, -0.2) is 8.42 Å². The monoisotopic (exact) mass is 425 g/mol. The number of halogens is 1. The topological polar surface area (TPSA) is 119 Å². The summed E-state index contributed by atoms with van der Waals surface area (Å²) in [4.78, 5) is 22.7. The number of anilines is 2. The van der Waals surface area contributed by atoms with Crippen molar-refractivity contribution in [1.29, 1.82) is 0 Å². The van der Waals surface area contributed by atoms with Gasteiger partial charge in [0.05, 0.1) is 39.7 Å². The van der Waals surface area contributed by atoms with E-state index < -0.39 is 20.9 Å². The van der Waals surface area contributed by atoms with Gasteiger partial charge in [0.15, 0.2) is 0 Å². The molecular weight excluding hydrogens is 410 g/mol. The van der Waals surface area contributed by atoms with Crippen molar-refractivity contribution < 1.29 is 22.9 Å². The highest BCUT2D eigenvalue weighted by molar-refractivity contribution is 7.93. The molecule has 1 fully saturated rings. The van der Waals surface area contributed by atoms with E-state index in [1.54, 1.807) is 6.07 Å². The van der Waals surface area contributed by atoms with Crippen LogP contribution in [0.25, 0.3) is 0 Å². The van der Waals surface area contributed by atoms with E-state index in [1.165, 1.54) is 35.7 Å². The van der Waals surface area contributed by atoms with Crippen molar-refractivity contribution in [3.8, 4) is 5.75 Å². The number of carbonyl (C=O) groups is 1. The van der Waals surface area contributed by atoms with Crippen molar-refractivity contribution in [3.63, 3.8) is 0 Å². The van der Waals surface area contributed by atoms with Gasteiger partial charge in [0.2, 0.25) is 10.0 Å². The number of carbonyl (C=O) groups excluding carboxylic acids is 1. The van der Waals surface area contributed by atoms with Gasteiger partial charge < -0.3 is 10.1 Å². The van der Waals surface area contributed by atoms with Crippen LogP contribution in [0.1, 0.15) is 16.8 Å². The minimum absolute atomic E-state index is 0.0560. The number of nitrogens with one attached hydrogen (secondary N) is 1. The lowest BCUT2D eigenvalue weighted by Crippen LogP contribution is -2.25. The second kappa shape index (κ2) is 7.64. The molecule has 0 aliphatic carbocycles. The first-order valence-electron chi connectivity index (χ1n) is 8.16. The van der Waals surface area contributed by atoms with E-state index in [-0.39, 0.29) is 27.8 Å². The summed E-state index contributed by atoms with van der Waals surface area (Å²) in [5.41, 5.74) is 0.582. The first kappa shape index (κ1) is 19.9. The maximum absolute atomic E-state index is 12.5. The summed E-state index contributed by atoms with van der Waals surface area (Å²) in [6.07, 6.45) is 0.543. The van der Waals surface area contributed by atoms with Crippen LogP contribution in [0, 0.1) is 10.1 Å². The number of benzene rings is 2. The number of ether oxygens (including phenoxy) is 1. The molecule has 1 N–H and O–H groups in total. The average Bonchev–Trinajstić information content (AvgIpc) is 3.00. The molecule has 0 bridgehead atoms. The van der Waals surface area contributed by atoms with Crippen molar-refractivity contribution in [3.05, 3.63) is 57.1 Å². The number of hydrogen-bond acceptors (Lipinski definition) is 6. The van der Waals surface area contributed by atoms with Gasteiger partial charge in [0.25, 0.3) is 11.6 Å². The number of nitro groups is 1. The lowest BCUT2D eigenvalue weighted by atomic mass is 10.1. The normalized spacial score (nSPS) is 15.3. The molecule has 11 heteroatoms. The van der Waals surface area contributed by atoms with Gasteiger partial charge in [-0.2, -0.15) is 0 Å². The van der Waals surface area contributed by atoms with Crippen LogP contribution < -0.4 is 14.4 Å². The molecule has 0 saturated carbocycles. The molecule has 2 aromatic carbocycles. The first-order valence-corrected chi connectivity index (χ1v) is 10.2. The van der Waals surface area contributed by atoms with Crippen molar-refractivity contribution in [2.24, 2.45) is 0 Å². The number of hydrogen-bond donors (Lipinski definition) is 1. The Morgan fingerprint density at radius 3 is 2.61 bits per heavy atom. The molecule has 3 rings (SSSR count). The van der Waals surface area contributed by atoms with Crippen LogP contribution in [0.15, 0.2) is 36.4 Å². The summed E-state index contributed by atoms with van der Waals surface area (Å²) in [5, 5.41) is 13.3. The second-order valence-corrected chi connectivity index (χ2v) is 8.42. The van der Waals surface area contributed by atoms with Crippen molar-refractivity contribution in [1.82, 2.24) is 0 Å². The molecule has 1 aliphatic rings. The molecule has 2 aromatic rings. The number of nitro benzene ring substituents is 1. The van der Waals surface area contributed by atoms with Crippen LogP contribution in [0.2, 0.25) is 5.02 Å². The van der Waals surface area contributed by atoms with Crippen LogP contribution >= 0.6 is 11.6 Å². The average molecular weight is 426 g/mol. The Hall–Kier alpha value is -2.85. The summed E-state index contributed by atoms with van der Waals surface area (Å²) < 4.78 is 30.7. The number of amides is 1. The molecule has 0 radical (unpaired) electrons. The lowest BCUT2D eigenvalue weighted by Gasteiger charge is -2.19. The number of sulfonamides is 1. The Bertz CT molecular complexity index is 1060. The fraction of sp³-hybridized carbons (Fsp3) is 0.235. The zero-order valence-corrected chi connectivity index (χ0v) is 16.3. The number of nitrogens with zero attached hydrogens (tertiary/aromatic N) is 2. The summed E-state index contributed by atoms with van der Waals surface area (Å²) in [6, 6.07) is 8.15. The largest absolute Gasteiger partial charge is 0.494 e. The molecule has 0 aromatic heterocycles. The van der Waals surface area contributed by atoms with E-state index >= 15 is 0 Å². The van der Waals surface area contributed by atoms with Gasteiger partial charge in [0.1, 0.15) is 5.75 Å². The zero-order chi connectivity index (χ0) is 20.5. The molecule has 1 heterocycles. The Labute approximate surface area is 166 Å². The Balaban J connectivity index is 1.86. The zero-order valence-electron chi connectivity index (χ0n) is 14.7. The number of rotatable bonds is 5. The van der Waals surface area contributed by atoms with Crippen LogP contribution in [0.3, 0.4) is 0 Å². The predicted molar refractivity (Wildman–Crippen MR) is 105 cm³/mol. The molecule has 9 nitrogen and oxygen atoms in total. The molecule has 0 unspecified atom stereocenters. The standard InChI is InChI=1S/C17H16ClN3O6S/c1-27-16-10-11(20-7-2-8-28(20,25)26)4-6-15(16)19-17(22)13-5-3-12(21(23)24)9-14(13)18/h3-6,9-10H,2,7-8H2,1H3,(H,19,22). The smallest absolute Gasteiger partial charge is 0.270 e. The van der Waals surface area contributed by atoms with Gasteiger partial charge in [0, 0.05) is 24.7 Å². The van der Waals surface area contributed by atoms with Gasteiger partial charge in [-0.05, 0) is 24.6 Å². The molecule has 148 valence electrons. The maximum atomic E-state index is 12.5. The Morgan fingerprint density at radius 1 is 1.29 bits per heavy atom. The molecular formula is C17H16ClN3O6S. The molecule has 28 heavy (non-hydrogen) atoms. The quantitative estimate of drug-likeness (QED) is 0.580. The van der Waals surface area contributed by atoms with Crippen LogP contribution in [0.4, 0.5) is 17.1 Å². The van der Waals surface area contributed by atoms with Gasteiger partial charge >= 0.3 is 0 Å². The molecule has 1 saturated heterocycles. The summed E-state index contributed by atoms with van der Waals surface area (Å²) in [5.74, 6) is -0.224. The molecule has 1 aliphatic heterocycles. The molecule has 0 spiro atoms. The van der Waals surface area contributed by atoms with E-state index in [9.17, 15) is 23.3 Å².